The molecule has 0 amide bonds. The number of imidazole rings is 1. The van der Waals surface area contributed by atoms with Gasteiger partial charge in [0.25, 0.3) is 0 Å². The quantitative estimate of drug-likeness (QED) is 0.154. The van der Waals surface area contributed by atoms with E-state index in [-0.39, 0.29) is 6.23 Å². The summed E-state index contributed by atoms with van der Waals surface area (Å²) in [5.74, 6) is 1.52. The van der Waals surface area contributed by atoms with Crippen molar-refractivity contribution in [3.8, 4) is 0 Å². The van der Waals surface area contributed by atoms with Gasteiger partial charge in [-0.05, 0) is 61.0 Å². The number of benzene rings is 1. The molecule has 0 spiro atoms. The van der Waals surface area contributed by atoms with E-state index in [9.17, 15) is 4.21 Å². The summed E-state index contributed by atoms with van der Waals surface area (Å²) < 4.78 is 29.5. The number of ether oxygens (including phenoxy) is 2. The normalized spacial score (nSPS) is 19.4. The van der Waals surface area contributed by atoms with Gasteiger partial charge in [0.15, 0.2) is 5.62 Å². The molecule has 9 nitrogen and oxygen atoms in total. The zero-order chi connectivity index (χ0) is 22.4. The van der Waals surface area contributed by atoms with Gasteiger partial charge in [-0.25, -0.2) is 5.01 Å². The lowest BCUT2D eigenvalue weighted by Gasteiger charge is -2.30. The SMILES string of the molecule is CNN(C)C(C)OCCC[C@@H](C)Cn1c(=N)[nH]c2ccc(N[SH]3(=O)CCOCC3)cc21. The zero-order valence-electron chi connectivity index (χ0n) is 19.1. The fourth-order valence-electron chi connectivity index (χ4n) is 3.80. The number of hydrogen-bond acceptors (Lipinski definition) is 6. The molecular formula is C21H38N6O3S. The molecule has 4 N–H and O–H groups in total. The highest BCUT2D eigenvalue weighted by molar-refractivity contribution is 8.04. The standard InChI is InChI=1S/C21H38N6O3S/c1-16(6-5-9-30-17(2)26(4)23-3)15-27-20-14-18(7-8-19(20)24-21(27)22)25-31(28)12-10-29-11-13-31/h7-8,14,16-17,23,31H,5-6,9-13,15H2,1-4H3,(H2,22,24)(H,25,28)/t16-,17?/m1/s1. The molecule has 176 valence electrons. The second kappa shape index (κ2) is 10.7. The molecule has 1 aliphatic heterocycles. The highest BCUT2D eigenvalue weighted by atomic mass is 32.3. The molecule has 2 heterocycles. The van der Waals surface area contributed by atoms with Crippen LogP contribution >= 0.6 is 0 Å². The average Bonchev–Trinajstić information content (AvgIpc) is 3.05. The van der Waals surface area contributed by atoms with Crippen LogP contribution in [0.15, 0.2) is 18.2 Å². The van der Waals surface area contributed by atoms with Crippen molar-refractivity contribution >= 4 is 26.8 Å². The van der Waals surface area contributed by atoms with Crippen molar-refractivity contribution < 1.29 is 13.7 Å². The Balaban J connectivity index is 1.61. The van der Waals surface area contributed by atoms with E-state index in [1.54, 1.807) is 0 Å². The number of nitrogens with one attached hydrogen (secondary N) is 4. The molecule has 3 rings (SSSR count). The highest BCUT2D eigenvalue weighted by Crippen LogP contribution is 2.22. The maximum atomic E-state index is 13.0. The van der Waals surface area contributed by atoms with E-state index in [1.807, 2.05) is 48.8 Å². The third-order valence-corrected chi connectivity index (χ3v) is 8.41. The van der Waals surface area contributed by atoms with Gasteiger partial charge in [-0.2, -0.15) is 0 Å². The second-order valence-electron chi connectivity index (χ2n) is 8.43. The van der Waals surface area contributed by atoms with Crippen LogP contribution in [0.1, 0.15) is 26.7 Å². The Labute approximate surface area is 185 Å². The predicted octanol–water partition coefficient (Wildman–Crippen LogP) is 1.67. The van der Waals surface area contributed by atoms with Gasteiger partial charge in [0.05, 0.1) is 24.2 Å². The summed E-state index contributed by atoms with van der Waals surface area (Å²) in [4.78, 5) is 3.15. The summed E-state index contributed by atoms with van der Waals surface area (Å²) in [6.07, 6.45) is 2.01. The van der Waals surface area contributed by atoms with Gasteiger partial charge in [-0.3, -0.25) is 15.0 Å². The first-order valence-electron chi connectivity index (χ1n) is 11.0. The lowest BCUT2D eigenvalue weighted by molar-refractivity contribution is -0.0565. The molecule has 1 aliphatic rings. The van der Waals surface area contributed by atoms with Gasteiger partial charge in [0, 0.05) is 37.4 Å². The van der Waals surface area contributed by atoms with E-state index in [4.69, 9.17) is 14.9 Å². The number of fused-ring (bicyclic) bond motifs is 1. The minimum atomic E-state index is -2.45. The van der Waals surface area contributed by atoms with E-state index in [0.717, 1.165) is 36.1 Å². The van der Waals surface area contributed by atoms with Crippen LogP contribution in [0.25, 0.3) is 11.0 Å². The Morgan fingerprint density at radius 1 is 1.35 bits per heavy atom. The van der Waals surface area contributed by atoms with Crippen molar-refractivity contribution in [3.05, 3.63) is 23.8 Å². The molecule has 31 heavy (non-hydrogen) atoms. The molecule has 1 aromatic heterocycles. The Morgan fingerprint density at radius 3 is 2.81 bits per heavy atom. The van der Waals surface area contributed by atoms with Crippen LogP contribution in [0.4, 0.5) is 5.69 Å². The Bertz CT molecular complexity index is 948. The van der Waals surface area contributed by atoms with Crippen LogP contribution in [0.2, 0.25) is 0 Å². The number of rotatable bonds is 11. The average molecular weight is 455 g/mol. The van der Waals surface area contributed by atoms with E-state index < -0.39 is 10.1 Å². The Morgan fingerprint density at radius 2 is 2.10 bits per heavy atom. The molecule has 0 bridgehead atoms. The minimum absolute atomic E-state index is 0.0249. The maximum Gasteiger partial charge on any atom is 0.200 e. The number of anilines is 1. The summed E-state index contributed by atoms with van der Waals surface area (Å²) >= 11 is 0. The van der Waals surface area contributed by atoms with Gasteiger partial charge < -0.3 is 23.7 Å². The number of hydrogen-bond donors (Lipinski definition) is 5. The molecule has 0 aliphatic carbocycles. The van der Waals surface area contributed by atoms with Gasteiger partial charge in [0.2, 0.25) is 0 Å². The summed E-state index contributed by atoms with van der Waals surface area (Å²) in [5.41, 5.74) is 6.16. The fraction of sp³-hybridized carbons (Fsp3) is 0.667. The van der Waals surface area contributed by atoms with Crippen LogP contribution in [0.5, 0.6) is 0 Å². The van der Waals surface area contributed by atoms with E-state index in [0.29, 0.717) is 42.9 Å². The van der Waals surface area contributed by atoms with Crippen molar-refractivity contribution in [1.29, 1.82) is 5.41 Å². The van der Waals surface area contributed by atoms with Crippen LogP contribution in [-0.4, -0.2) is 70.4 Å². The molecule has 2 atom stereocenters. The predicted molar refractivity (Wildman–Crippen MR) is 126 cm³/mol. The van der Waals surface area contributed by atoms with E-state index in [2.05, 4.69) is 22.1 Å². The van der Waals surface area contributed by atoms with Gasteiger partial charge in [-0.15, -0.1) is 0 Å². The topological polar surface area (TPSA) is 107 Å². The van der Waals surface area contributed by atoms with Crippen molar-refractivity contribution in [2.45, 2.75) is 39.5 Å². The molecule has 1 fully saturated rings. The number of hydrazine groups is 1. The van der Waals surface area contributed by atoms with Crippen molar-refractivity contribution in [2.75, 3.05) is 50.1 Å². The number of nitrogens with zero attached hydrogens (tertiary/aromatic N) is 2. The van der Waals surface area contributed by atoms with Gasteiger partial charge in [0.1, 0.15) is 6.23 Å². The molecular weight excluding hydrogens is 416 g/mol. The third-order valence-electron chi connectivity index (χ3n) is 5.93. The molecule has 0 radical (unpaired) electrons. The van der Waals surface area contributed by atoms with Gasteiger partial charge in [-0.1, -0.05) is 6.92 Å². The lowest BCUT2D eigenvalue weighted by atomic mass is 10.1. The van der Waals surface area contributed by atoms with E-state index in [1.165, 1.54) is 0 Å². The second-order valence-corrected chi connectivity index (χ2v) is 11.3. The minimum Gasteiger partial charge on any atom is -0.380 e. The van der Waals surface area contributed by atoms with Crippen molar-refractivity contribution in [3.63, 3.8) is 0 Å². The van der Waals surface area contributed by atoms with Crippen molar-refractivity contribution in [1.82, 2.24) is 20.0 Å². The molecule has 10 heteroatoms. The monoisotopic (exact) mass is 454 g/mol. The van der Waals surface area contributed by atoms with Crippen molar-refractivity contribution in [2.24, 2.45) is 5.92 Å². The van der Waals surface area contributed by atoms with Crippen LogP contribution in [0.3, 0.4) is 0 Å². The van der Waals surface area contributed by atoms with Gasteiger partial charge >= 0.3 is 0 Å². The number of aromatic nitrogens is 2. The number of aromatic amines is 1. The molecule has 1 unspecified atom stereocenters. The summed E-state index contributed by atoms with van der Waals surface area (Å²) in [6, 6.07) is 5.89. The fourth-order valence-corrected chi connectivity index (χ4v) is 5.71. The molecule has 0 saturated carbocycles. The smallest absolute Gasteiger partial charge is 0.200 e. The Kier molecular flexibility index (Phi) is 8.29. The first-order chi connectivity index (χ1) is 14.8. The first kappa shape index (κ1) is 23.9. The summed E-state index contributed by atoms with van der Waals surface area (Å²) in [7, 11) is 1.39. The number of thiol groups is 1. The zero-order valence-corrected chi connectivity index (χ0v) is 20.0. The van der Waals surface area contributed by atoms with Crippen LogP contribution in [0, 0.1) is 11.3 Å². The molecule has 1 aromatic carbocycles. The first-order valence-corrected chi connectivity index (χ1v) is 13.1. The molecule has 1 saturated heterocycles. The van der Waals surface area contributed by atoms with Crippen LogP contribution < -0.4 is 15.8 Å². The van der Waals surface area contributed by atoms with Crippen LogP contribution in [-0.2, 0) is 26.1 Å². The lowest BCUT2D eigenvalue weighted by Crippen LogP contribution is -2.40. The summed E-state index contributed by atoms with van der Waals surface area (Å²) in [5, 5.41) is 10.3. The largest absolute Gasteiger partial charge is 0.380 e. The Hall–Kier alpha value is -1.72. The van der Waals surface area contributed by atoms with E-state index >= 15 is 0 Å². The summed E-state index contributed by atoms with van der Waals surface area (Å²) in [6.45, 7) is 6.76. The maximum absolute atomic E-state index is 13.0. The highest BCUT2D eigenvalue weighted by Gasteiger charge is 2.19. The molecule has 2 aromatic rings. The number of H-pyrrole nitrogens is 1. The third kappa shape index (κ3) is 6.39.